The van der Waals surface area contributed by atoms with Gasteiger partial charge in [-0.2, -0.15) is 13.2 Å². The van der Waals surface area contributed by atoms with Gasteiger partial charge in [0.25, 0.3) is 0 Å². The van der Waals surface area contributed by atoms with Crippen molar-refractivity contribution in [2.24, 2.45) is 4.99 Å². The van der Waals surface area contributed by atoms with Gasteiger partial charge in [-0.15, -0.1) is 35.3 Å². The summed E-state index contributed by atoms with van der Waals surface area (Å²) < 4.78 is 50.5. The molecular formula is C16H18F4IN5OS. The minimum absolute atomic E-state index is 0. The number of hydrogen-bond donors (Lipinski definition) is 3. The molecule has 0 aliphatic carbocycles. The summed E-state index contributed by atoms with van der Waals surface area (Å²) in [6.07, 6.45) is -4.48. The maximum absolute atomic E-state index is 12.8. The van der Waals surface area contributed by atoms with Crippen LogP contribution in [0.25, 0.3) is 0 Å². The molecule has 0 bridgehead atoms. The van der Waals surface area contributed by atoms with E-state index in [1.807, 2.05) is 0 Å². The van der Waals surface area contributed by atoms with Crippen molar-refractivity contribution in [3.05, 3.63) is 46.2 Å². The monoisotopic (exact) mass is 531 g/mol. The maximum Gasteiger partial charge on any atom is 0.434 e. The average Bonchev–Trinajstić information content (AvgIpc) is 3.09. The summed E-state index contributed by atoms with van der Waals surface area (Å²) in [5, 5.41) is 9.44. The van der Waals surface area contributed by atoms with Crippen LogP contribution < -0.4 is 16.0 Å². The number of thiazole rings is 1. The molecule has 2 aromatic rings. The first-order chi connectivity index (χ1) is 12.8. The molecule has 1 heterocycles. The molecule has 1 aromatic carbocycles. The van der Waals surface area contributed by atoms with Crippen LogP contribution in [-0.4, -0.2) is 29.9 Å². The predicted molar refractivity (Wildman–Crippen MR) is 110 cm³/mol. The summed E-state index contributed by atoms with van der Waals surface area (Å²) in [5.41, 5.74) is -0.512. The van der Waals surface area contributed by atoms with Crippen molar-refractivity contribution in [1.29, 1.82) is 0 Å². The number of amides is 1. The van der Waals surface area contributed by atoms with E-state index in [1.165, 1.54) is 24.3 Å². The van der Waals surface area contributed by atoms with Crippen LogP contribution >= 0.6 is 35.3 Å². The zero-order chi connectivity index (χ0) is 19.9. The Morgan fingerprint density at radius 1 is 1.21 bits per heavy atom. The molecule has 12 heteroatoms. The molecule has 28 heavy (non-hydrogen) atoms. The molecule has 0 radical (unpaired) electrons. The van der Waals surface area contributed by atoms with E-state index in [-0.39, 0.29) is 48.0 Å². The second-order valence-electron chi connectivity index (χ2n) is 5.23. The molecule has 0 unspecified atom stereocenters. The fourth-order valence-corrected chi connectivity index (χ4v) is 2.65. The van der Waals surface area contributed by atoms with Gasteiger partial charge in [-0.25, -0.2) is 14.4 Å². The highest BCUT2D eigenvalue weighted by molar-refractivity contribution is 14.0. The minimum atomic E-state index is -4.48. The lowest BCUT2D eigenvalue weighted by Crippen LogP contribution is -2.37. The maximum atomic E-state index is 12.8. The van der Waals surface area contributed by atoms with Gasteiger partial charge in [0.05, 0.1) is 6.54 Å². The summed E-state index contributed by atoms with van der Waals surface area (Å²) in [6, 6.07) is 5.27. The summed E-state index contributed by atoms with van der Waals surface area (Å²) in [6.45, 7) is 2.11. The highest BCUT2D eigenvalue weighted by Crippen LogP contribution is 2.29. The lowest BCUT2D eigenvalue weighted by molar-refractivity contribution is -0.140. The normalized spacial score (nSPS) is 11.5. The first-order valence-electron chi connectivity index (χ1n) is 7.87. The van der Waals surface area contributed by atoms with E-state index >= 15 is 0 Å². The quantitative estimate of drug-likeness (QED) is 0.231. The highest BCUT2D eigenvalue weighted by atomic mass is 127. The third-order valence-electron chi connectivity index (χ3n) is 3.10. The molecule has 0 atom stereocenters. The Balaban J connectivity index is 0.00000392. The lowest BCUT2D eigenvalue weighted by Gasteiger charge is -2.10. The van der Waals surface area contributed by atoms with Gasteiger partial charge in [0.2, 0.25) is 5.91 Å². The van der Waals surface area contributed by atoms with Crippen molar-refractivity contribution in [3.63, 3.8) is 0 Å². The highest BCUT2D eigenvalue weighted by Gasteiger charge is 2.33. The van der Waals surface area contributed by atoms with Crippen molar-refractivity contribution >= 4 is 52.9 Å². The van der Waals surface area contributed by atoms with Crippen molar-refractivity contribution in [2.75, 3.05) is 18.4 Å². The summed E-state index contributed by atoms with van der Waals surface area (Å²) in [7, 11) is 0. The number of halogens is 5. The van der Waals surface area contributed by atoms with E-state index in [9.17, 15) is 22.4 Å². The Morgan fingerprint density at radius 3 is 2.46 bits per heavy atom. The first-order valence-corrected chi connectivity index (χ1v) is 8.75. The van der Waals surface area contributed by atoms with Crippen LogP contribution in [0.1, 0.15) is 17.6 Å². The number of guanidine groups is 1. The number of carbonyl (C=O) groups excluding carboxylic acids is 1. The molecule has 154 valence electrons. The van der Waals surface area contributed by atoms with E-state index in [2.05, 4.69) is 25.9 Å². The van der Waals surface area contributed by atoms with E-state index in [1.54, 1.807) is 6.92 Å². The van der Waals surface area contributed by atoms with E-state index < -0.39 is 23.6 Å². The van der Waals surface area contributed by atoms with Gasteiger partial charge in [0, 0.05) is 17.6 Å². The molecule has 2 rings (SSSR count). The van der Waals surface area contributed by atoms with Gasteiger partial charge < -0.3 is 16.0 Å². The minimum Gasteiger partial charge on any atom is -0.357 e. The fourth-order valence-electron chi connectivity index (χ4n) is 1.91. The van der Waals surface area contributed by atoms with E-state index in [4.69, 9.17) is 0 Å². The molecule has 0 spiro atoms. The summed E-state index contributed by atoms with van der Waals surface area (Å²) >= 11 is 0.878. The van der Waals surface area contributed by atoms with Crippen molar-refractivity contribution < 1.29 is 22.4 Å². The Morgan fingerprint density at radius 2 is 1.89 bits per heavy atom. The predicted octanol–water partition coefficient (Wildman–Crippen LogP) is 3.61. The number of nitrogens with one attached hydrogen (secondary N) is 3. The third kappa shape index (κ3) is 7.96. The summed E-state index contributed by atoms with van der Waals surface area (Å²) in [4.78, 5) is 19.5. The van der Waals surface area contributed by atoms with E-state index in [0.717, 1.165) is 16.7 Å². The molecule has 6 nitrogen and oxygen atoms in total. The molecular weight excluding hydrogens is 513 g/mol. The Labute approximate surface area is 179 Å². The van der Waals surface area contributed by atoms with Gasteiger partial charge >= 0.3 is 6.18 Å². The SMILES string of the molecule is CCNC(=NCC(=O)Nc1ccc(F)cc1)NCc1nc(C(F)(F)F)cs1.I. The number of benzene rings is 1. The zero-order valence-electron chi connectivity index (χ0n) is 14.6. The topological polar surface area (TPSA) is 78.4 Å². The van der Waals surface area contributed by atoms with Crippen LogP contribution in [-0.2, 0) is 17.5 Å². The van der Waals surface area contributed by atoms with Gasteiger partial charge in [0.1, 0.15) is 17.4 Å². The molecule has 3 N–H and O–H groups in total. The van der Waals surface area contributed by atoms with Gasteiger partial charge in [-0.05, 0) is 31.2 Å². The molecule has 1 aromatic heterocycles. The van der Waals surface area contributed by atoms with Crippen molar-refractivity contribution in [2.45, 2.75) is 19.6 Å². The smallest absolute Gasteiger partial charge is 0.357 e. The largest absolute Gasteiger partial charge is 0.434 e. The molecule has 0 aliphatic rings. The van der Waals surface area contributed by atoms with E-state index in [0.29, 0.717) is 12.2 Å². The number of rotatable bonds is 6. The average molecular weight is 531 g/mol. The number of aliphatic imine (C=N–C) groups is 1. The molecule has 0 fully saturated rings. The van der Waals surface area contributed by atoms with Crippen molar-refractivity contribution in [1.82, 2.24) is 15.6 Å². The van der Waals surface area contributed by atoms with Gasteiger partial charge in [-0.3, -0.25) is 4.79 Å². The number of alkyl halides is 3. The Kier molecular flexibility index (Phi) is 9.58. The van der Waals surface area contributed by atoms with Crippen LogP contribution in [0.2, 0.25) is 0 Å². The molecule has 0 saturated carbocycles. The van der Waals surface area contributed by atoms with Gasteiger partial charge in [0.15, 0.2) is 11.7 Å². The molecule has 0 saturated heterocycles. The number of hydrogen-bond acceptors (Lipinski definition) is 4. The molecule has 0 aliphatic heterocycles. The Hall–Kier alpha value is -1.96. The number of nitrogens with zero attached hydrogens (tertiary/aromatic N) is 2. The van der Waals surface area contributed by atoms with Crippen LogP contribution in [0.5, 0.6) is 0 Å². The summed E-state index contributed by atoms with van der Waals surface area (Å²) in [5.74, 6) is -0.580. The zero-order valence-corrected chi connectivity index (χ0v) is 17.8. The standard InChI is InChI=1S/C16H17F4N5OS.HI/c1-2-21-15(23-8-14-25-12(9-27-14)16(18,19)20)22-7-13(26)24-11-5-3-10(17)4-6-11;/h3-6,9H,2,7-8H2,1H3,(H,24,26)(H2,21,22,23);1H. The second-order valence-corrected chi connectivity index (χ2v) is 6.17. The number of carbonyl (C=O) groups is 1. The Bertz CT molecular complexity index is 795. The fraction of sp³-hybridized carbons (Fsp3) is 0.312. The third-order valence-corrected chi connectivity index (χ3v) is 3.95. The van der Waals surface area contributed by atoms with Crippen LogP contribution in [0, 0.1) is 5.82 Å². The van der Waals surface area contributed by atoms with Crippen LogP contribution in [0.4, 0.5) is 23.2 Å². The number of aromatic nitrogens is 1. The molecule has 1 amide bonds. The van der Waals surface area contributed by atoms with Crippen molar-refractivity contribution in [3.8, 4) is 0 Å². The lowest BCUT2D eigenvalue weighted by atomic mass is 10.3. The van der Waals surface area contributed by atoms with Crippen LogP contribution in [0.3, 0.4) is 0 Å². The first kappa shape index (κ1) is 24.1. The van der Waals surface area contributed by atoms with Gasteiger partial charge in [-0.1, -0.05) is 0 Å². The van der Waals surface area contributed by atoms with Crippen LogP contribution in [0.15, 0.2) is 34.6 Å². The second kappa shape index (κ2) is 11.1. The number of anilines is 1.